The van der Waals surface area contributed by atoms with E-state index >= 15 is 0 Å². The van der Waals surface area contributed by atoms with E-state index in [0.29, 0.717) is 24.2 Å². The highest BCUT2D eigenvalue weighted by atomic mass is 16.7. The molecule has 0 heterocycles. The van der Waals surface area contributed by atoms with Gasteiger partial charge in [0, 0.05) is 6.08 Å². The summed E-state index contributed by atoms with van der Waals surface area (Å²) in [6.45, 7) is 5.30. The van der Waals surface area contributed by atoms with Crippen molar-refractivity contribution in [3.8, 4) is 17.2 Å². The van der Waals surface area contributed by atoms with E-state index in [1.54, 1.807) is 13.0 Å². The number of phenols is 1. The normalized spacial score (nSPS) is 10.0. The maximum Gasteiger partial charge on any atom is 0.513 e. The monoisotopic (exact) mass is 414 g/mol. The molecule has 0 saturated heterocycles. The lowest BCUT2D eigenvalue weighted by Gasteiger charge is -2.08. The first-order valence-corrected chi connectivity index (χ1v) is 9.14. The number of hydrogen-bond donors (Lipinski definition) is 1. The summed E-state index contributed by atoms with van der Waals surface area (Å²) in [5.41, 5.74) is 0.843. The summed E-state index contributed by atoms with van der Waals surface area (Å²) in [5.74, 6) is -0.470. The molecule has 0 fully saturated rings. The Labute approximate surface area is 173 Å². The number of benzene rings is 2. The van der Waals surface area contributed by atoms with E-state index in [0.717, 1.165) is 6.08 Å². The summed E-state index contributed by atoms with van der Waals surface area (Å²) in [5, 5.41) is 9.51. The number of ether oxygens (including phenoxy) is 4. The summed E-state index contributed by atoms with van der Waals surface area (Å²) < 4.78 is 20.0. The molecular weight excluding hydrogens is 392 g/mol. The molecule has 2 aromatic rings. The Kier molecular flexibility index (Phi) is 8.43. The lowest BCUT2D eigenvalue weighted by Crippen LogP contribution is -2.12. The molecule has 0 aliphatic carbocycles. The molecule has 30 heavy (non-hydrogen) atoms. The van der Waals surface area contributed by atoms with Crippen molar-refractivity contribution in [2.75, 3.05) is 13.2 Å². The van der Waals surface area contributed by atoms with E-state index in [1.807, 2.05) is 0 Å². The van der Waals surface area contributed by atoms with Gasteiger partial charge in [0.2, 0.25) is 0 Å². The minimum atomic E-state index is -0.881. The zero-order valence-electron chi connectivity index (χ0n) is 16.5. The van der Waals surface area contributed by atoms with Crippen LogP contribution < -0.4 is 9.47 Å². The molecule has 0 spiro atoms. The molecule has 0 aromatic heterocycles. The standard InChI is InChI=1S/C22H22O8/c1-3-20(24)27-12-4-5-13-28-22(26)30-17-8-6-16(7-9-17)21(25)29-18-10-11-19(23)15(2)14-18/h3,6-11,14,23H,1,4-5,12-13H2,2H3. The molecule has 0 aliphatic rings. The predicted octanol–water partition coefficient (Wildman–Crippen LogP) is 3.94. The molecule has 0 amide bonds. The fourth-order valence-corrected chi connectivity index (χ4v) is 2.23. The minimum Gasteiger partial charge on any atom is -0.508 e. The Morgan fingerprint density at radius 2 is 1.57 bits per heavy atom. The summed E-state index contributed by atoms with van der Waals surface area (Å²) in [7, 11) is 0. The van der Waals surface area contributed by atoms with Crippen molar-refractivity contribution >= 4 is 18.1 Å². The predicted molar refractivity (Wildman–Crippen MR) is 107 cm³/mol. The van der Waals surface area contributed by atoms with Crippen molar-refractivity contribution < 1.29 is 38.4 Å². The van der Waals surface area contributed by atoms with E-state index in [2.05, 4.69) is 6.58 Å². The van der Waals surface area contributed by atoms with Gasteiger partial charge in [0.25, 0.3) is 0 Å². The Morgan fingerprint density at radius 3 is 2.20 bits per heavy atom. The van der Waals surface area contributed by atoms with Crippen molar-refractivity contribution in [3.63, 3.8) is 0 Å². The van der Waals surface area contributed by atoms with Crippen LogP contribution in [0.5, 0.6) is 17.2 Å². The molecule has 0 radical (unpaired) electrons. The number of aryl methyl sites for hydroxylation is 1. The average molecular weight is 414 g/mol. The summed E-state index contributed by atoms with van der Waals surface area (Å²) in [6, 6.07) is 10.2. The number of carbonyl (C=O) groups is 3. The first-order chi connectivity index (χ1) is 14.4. The highest BCUT2D eigenvalue weighted by molar-refractivity contribution is 5.91. The second-order valence-corrected chi connectivity index (χ2v) is 6.14. The van der Waals surface area contributed by atoms with Crippen molar-refractivity contribution in [1.29, 1.82) is 0 Å². The molecule has 0 bridgehead atoms. The second-order valence-electron chi connectivity index (χ2n) is 6.14. The molecule has 2 rings (SSSR count). The van der Waals surface area contributed by atoms with Gasteiger partial charge in [-0.15, -0.1) is 0 Å². The van der Waals surface area contributed by atoms with Crippen molar-refractivity contribution in [1.82, 2.24) is 0 Å². The number of rotatable bonds is 9. The van der Waals surface area contributed by atoms with Crippen molar-refractivity contribution in [2.45, 2.75) is 19.8 Å². The van der Waals surface area contributed by atoms with E-state index < -0.39 is 18.1 Å². The van der Waals surface area contributed by atoms with Crippen LogP contribution in [-0.4, -0.2) is 36.4 Å². The molecule has 1 N–H and O–H groups in total. The maximum absolute atomic E-state index is 12.2. The SMILES string of the molecule is C=CC(=O)OCCCCOC(=O)Oc1ccc(C(=O)Oc2ccc(O)c(C)c2)cc1. The van der Waals surface area contributed by atoms with E-state index in [1.165, 1.54) is 36.4 Å². The topological polar surface area (TPSA) is 108 Å². The molecule has 0 aliphatic heterocycles. The lowest BCUT2D eigenvalue weighted by molar-refractivity contribution is -0.137. The Balaban J connectivity index is 1.74. The number of esters is 2. The Hall–Kier alpha value is -3.81. The van der Waals surface area contributed by atoms with Gasteiger partial charge in [-0.2, -0.15) is 0 Å². The maximum atomic E-state index is 12.2. The zero-order valence-corrected chi connectivity index (χ0v) is 16.5. The van der Waals surface area contributed by atoms with Crippen LogP contribution >= 0.6 is 0 Å². The van der Waals surface area contributed by atoms with Gasteiger partial charge in [0.15, 0.2) is 0 Å². The van der Waals surface area contributed by atoms with Gasteiger partial charge in [0.1, 0.15) is 17.2 Å². The summed E-state index contributed by atoms with van der Waals surface area (Å²) in [4.78, 5) is 34.7. The highest BCUT2D eigenvalue weighted by Crippen LogP contribution is 2.23. The van der Waals surface area contributed by atoms with Gasteiger partial charge in [-0.3, -0.25) is 0 Å². The third-order valence-electron chi connectivity index (χ3n) is 3.84. The van der Waals surface area contributed by atoms with Crippen LogP contribution in [-0.2, 0) is 14.3 Å². The van der Waals surface area contributed by atoms with Crippen LogP contribution in [0.25, 0.3) is 0 Å². The molecule has 8 nitrogen and oxygen atoms in total. The van der Waals surface area contributed by atoms with E-state index in [4.69, 9.17) is 18.9 Å². The van der Waals surface area contributed by atoms with Crippen LogP contribution in [0.1, 0.15) is 28.8 Å². The fourth-order valence-electron chi connectivity index (χ4n) is 2.23. The van der Waals surface area contributed by atoms with Gasteiger partial charge in [0.05, 0.1) is 18.8 Å². The van der Waals surface area contributed by atoms with Gasteiger partial charge < -0.3 is 24.1 Å². The molecule has 8 heteroatoms. The first kappa shape index (κ1) is 22.5. The average Bonchev–Trinajstić information content (AvgIpc) is 2.73. The molecule has 158 valence electrons. The molecular formula is C22H22O8. The Bertz CT molecular complexity index is 902. The number of phenolic OH excluding ortho intramolecular Hbond substituents is 1. The van der Waals surface area contributed by atoms with Crippen molar-refractivity contribution in [3.05, 3.63) is 66.2 Å². The summed E-state index contributed by atoms with van der Waals surface area (Å²) in [6.07, 6.45) is 1.23. The number of hydrogen-bond acceptors (Lipinski definition) is 8. The highest BCUT2D eigenvalue weighted by Gasteiger charge is 2.11. The third kappa shape index (κ3) is 7.31. The lowest BCUT2D eigenvalue weighted by atomic mass is 10.2. The molecule has 0 atom stereocenters. The van der Waals surface area contributed by atoms with Gasteiger partial charge in [-0.05, 0) is 67.8 Å². The quantitative estimate of drug-likeness (QED) is 0.216. The smallest absolute Gasteiger partial charge is 0.508 e. The zero-order chi connectivity index (χ0) is 21.9. The van der Waals surface area contributed by atoms with E-state index in [9.17, 15) is 19.5 Å². The van der Waals surface area contributed by atoms with Gasteiger partial charge in [-0.1, -0.05) is 6.58 Å². The van der Waals surface area contributed by atoms with Crippen LogP contribution in [0, 0.1) is 6.92 Å². The summed E-state index contributed by atoms with van der Waals surface area (Å²) >= 11 is 0. The molecule has 0 unspecified atom stereocenters. The number of aromatic hydroxyl groups is 1. The van der Waals surface area contributed by atoms with Crippen LogP contribution in [0.4, 0.5) is 4.79 Å². The van der Waals surface area contributed by atoms with Crippen molar-refractivity contribution in [2.24, 2.45) is 0 Å². The largest absolute Gasteiger partial charge is 0.513 e. The van der Waals surface area contributed by atoms with Gasteiger partial charge in [-0.25, -0.2) is 14.4 Å². The first-order valence-electron chi connectivity index (χ1n) is 9.14. The minimum absolute atomic E-state index is 0.110. The molecule has 2 aromatic carbocycles. The van der Waals surface area contributed by atoms with E-state index in [-0.39, 0.29) is 30.3 Å². The van der Waals surface area contributed by atoms with Crippen LogP contribution in [0.3, 0.4) is 0 Å². The van der Waals surface area contributed by atoms with Gasteiger partial charge >= 0.3 is 18.1 Å². The molecule has 0 saturated carbocycles. The fraction of sp³-hybridized carbons (Fsp3) is 0.227. The second kappa shape index (κ2) is 11.3. The number of unbranched alkanes of at least 4 members (excludes halogenated alkanes) is 1. The number of carbonyl (C=O) groups excluding carboxylic acids is 3. The Morgan fingerprint density at radius 1 is 0.933 bits per heavy atom. The van der Waals surface area contributed by atoms with Crippen LogP contribution in [0.15, 0.2) is 55.1 Å². The van der Waals surface area contributed by atoms with Crippen LogP contribution in [0.2, 0.25) is 0 Å². The third-order valence-corrected chi connectivity index (χ3v) is 3.84.